The van der Waals surface area contributed by atoms with Crippen molar-refractivity contribution in [2.24, 2.45) is 12.0 Å². The number of aryl methyl sites for hydroxylation is 2. The molecular formula is C21H34IN5. The Labute approximate surface area is 181 Å². The molecule has 0 fully saturated rings. The third kappa shape index (κ3) is 6.52. The highest BCUT2D eigenvalue weighted by atomic mass is 127. The number of halogens is 1. The van der Waals surface area contributed by atoms with Gasteiger partial charge in [-0.1, -0.05) is 45.0 Å². The van der Waals surface area contributed by atoms with E-state index in [-0.39, 0.29) is 29.4 Å². The molecule has 0 spiro atoms. The van der Waals surface area contributed by atoms with Gasteiger partial charge in [-0.3, -0.25) is 9.67 Å². The molecular weight excluding hydrogens is 449 g/mol. The van der Waals surface area contributed by atoms with Crippen LogP contribution in [0.1, 0.15) is 48.8 Å². The lowest BCUT2D eigenvalue weighted by molar-refractivity contribution is 0.590. The molecule has 0 saturated carbocycles. The fourth-order valence-corrected chi connectivity index (χ4v) is 2.96. The first-order valence-corrected chi connectivity index (χ1v) is 9.25. The van der Waals surface area contributed by atoms with E-state index in [4.69, 9.17) is 0 Å². The van der Waals surface area contributed by atoms with Gasteiger partial charge in [-0.15, -0.1) is 24.0 Å². The lowest BCUT2D eigenvalue weighted by Gasteiger charge is -2.19. The molecule has 2 aromatic rings. The van der Waals surface area contributed by atoms with Crippen molar-refractivity contribution < 1.29 is 0 Å². The number of nitrogens with one attached hydrogen (secondary N) is 2. The van der Waals surface area contributed by atoms with Crippen LogP contribution in [0.15, 0.2) is 29.3 Å². The van der Waals surface area contributed by atoms with Crippen LogP contribution in [0.3, 0.4) is 0 Å². The fraction of sp³-hybridized carbons (Fsp3) is 0.524. The van der Waals surface area contributed by atoms with E-state index in [0.29, 0.717) is 0 Å². The predicted octanol–water partition coefficient (Wildman–Crippen LogP) is 3.86. The average Bonchev–Trinajstić information content (AvgIpc) is 2.83. The van der Waals surface area contributed by atoms with E-state index in [9.17, 15) is 0 Å². The summed E-state index contributed by atoms with van der Waals surface area (Å²) in [6.07, 6.45) is 0.968. The first kappa shape index (κ1) is 23.5. The van der Waals surface area contributed by atoms with Gasteiger partial charge in [-0.05, 0) is 36.8 Å². The molecule has 0 amide bonds. The Morgan fingerprint density at radius 1 is 1.11 bits per heavy atom. The Morgan fingerprint density at radius 3 is 2.22 bits per heavy atom. The van der Waals surface area contributed by atoms with Gasteiger partial charge in [0.05, 0.1) is 5.69 Å². The summed E-state index contributed by atoms with van der Waals surface area (Å²) in [6.45, 7) is 12.4. The Hall–Kier alpha value is -1.57. The van der Waals surface area contributed by atoms with Crippen LogP contribution >= 0.6 is 24.0 Å². The zero-order valence-electron chi connectivity index (χ0n) is 17.7. The lowest BCUT2D eigenvalue weighted by atomic mass is 9.86. The second kappa shape index (κ2) is 10.1. The van der Waals surface area contributed by atoms with Crippen LogP contribution in [0, 0.1) is 13.8 Å². The van der Waals surface area contributed by atoms with Gasteiger partial charge in [0.1, 0.15) is 0 Å². The molecule has 1 heterocycles. The van der Waals surface area contributed by atoms with Gasteiger partial charge in [-0.25, -0.2) is 0 Å². The van der Waals surface area contributed by atoms with Crippen LogP contribution in [0.4, 0.5) is 0 Å². The molecule has 1 aromatic carbocycles. The zero-order chi connectivity index (χ0) is 19.3. The zero-order valence-corrected chi connectivity index (χ0v) is 20.0. The monoisotopic (exact) mass is 483 g/mol. The van der Waals surface area contributed by atoms with Crippen molar-refractivity contribution in [3.63, 3.8) is 0 Å². The minimum atomic E-state index is 0. The van der Waals surface area contributed by atoms with Gasteiger partial charge in [0, 0.05) is 38.4 Å². The number of aromatic nitrogens is 2. The maximum atomic E-state index is 4.46. The van der Waals surface area contributed by atoms with E-state index in [2.05, 4.69) is 72.7 Å². The second-order valence-electron chi connectivity index (χ2n) is 7.82. The number of benzene rings is 1. The highest BCUT2D eigenvalue weighted by molar-refractivity contribution is 14.0. The molecule has 0 bridgehead atoms. The molecule has 5 nitrogen and oxygen atoms in total. The molecule has 2 rings (SSSR count). The Morgan fingerprint density at radius 2 is 1.74 bits per heavy atom. The standard InChI is InChI=1S/C21H33N5.HI/c1-15-19(16(2)26(7)25-15)14-24-20(22-6)23-13-12-17-8-10-18(11-9-17)21(3,4)5;/h8-11H,12-14H2,1-7H3,(H2,22,23,24);1H. The Kier molecular flexibility index (Phi) is 8.78. The van der Waals surface area contributed by atoms with Gasteiger partial charge in [0.25, 0.3) is 0 Å². The number of hydrogen-bond acceptors (Lipinski definition) is 2. The SMILES string of the molecule is CN=C(NCCc1ccc(C(C)(C)C)cc1)NCc1c(C)nn(C)c1C.I. The van der Waals surface area contributed by atoms with E-state index in [1.54, 1.807) is 7.05 Å². The van der Waals surface area contributed by atoms with Crippen molar-refractivity contribution in [3.8, 4) is 0 Å². The number of guanidine groups is 1. The van der Waals surface area contributed by atoms with Gasteiger partial charge < -0.3 is 10.6 Å². The van der Waals surface area contributed by atoms with Crippen LogP contribution in [0.25, 0.3) is 0 Å². The second-order valence-corrected chi connectivity index (χ2v) is 7.82. The summed E-state index contributed by atoms with van der Waals surface area (Å²) in [5.41, 5.74) is 6.38. The van der Waals surface area contributed by atoms with E-state index in [1.165, 1.54) is 22.4 Å². The highest BCUT2D eigenvalue weighted by Gasteiger charge is 2.13. The smallest absolute Gasteiger partial charge is 0.191 e. The maximum Gasteiger partial charge on any atom is 0.191 e. The topological polar surface area (TPSA) is 54.2 Å². The molecule has 0 saturated heterocycles. The van der Waals surface area contributed by atoms with Crippen molar-refractivity contribution in [1.29, 1.82) is 0 Å². The maximum absolute atomic E-state index is 4.46. The molecule has 0 aliphatic rings. The summed E-state index contributed by atoms with van der Waals surface area (Å²) in [7, 11) is 3.78. The molecule has 2 N–H and O–H groups in total. The van der Waals surface area contributed by atoms with Crippen LogP contribution < -0.4 is 10.6 Å². The Bertz CT molecular complexity index is 754. The summed E-state index contributed by atoms with van der Waals surface area (Å²) in [5, 5.41) is 11.2. The fourth-order valence-electron chi connectivity index (χ4n) is 2.96. The van der Waals surface area contributed by atoms with Crippen molar-refractivity contribution in [2.75, 3.05) is 13.6 Å². The van der Waals surface area contributed by atoms with Gasteiger partial charge in [0.15, 0.2) is 5.96 Å². The lowest BCUT2D eigenvalue weighted by Crippen LogP contribution is -2.38. The van der Waals surface area contributed by atoms with Crippen LogP contribution in [-0.4, -0.2) is 29.3 Å². The van der Waals surface area contributed by atoms with Gasteiger partial charge >= 0.3 is 0 Å². The van der Waals surface area contributed by atoms with Gasteiger partial charge in [-0.2, -0.15) is 5.10 Å². The molecule has 0 radical (unpaired) electrons. The van der Waals surface area contributed by atoms with E-state index < -0.39 is 0 Å². The molecule has 1 aromatic heterocycles. The minimum absolute atomic E-state index is 0. The first-order valence-electron chi connectivity index (χ1n) is 9.25. The molecule has 27 heavy (non-hydrogen) atoms. The average molecular weight is 483 g/mol. The molecule has 0 unspecified atom stereocenters. The molecule has 6 heteroatoms. The molecule has 150 valence electrons. The van der Waals surface area contributed by atoms with Crippen LogP contribution in [0.5, 0.6) is 0 Å². The van der Waals surface area contributed by atoms with Crippen molar-refractivity contribution in [2.45, 2.75) is 53.0 Å². The van der Waals surface area contributed by atoms with Gasteiger partial charge in [0.2, 0.25) is 0 Å². The highest BCUT2D eigenvalue weighted by Crippen LogP contribution is 2.22. The Balaban J connectivity index is 0.00000364. The summed E-state index contributed by atoms with van der Waals surface area (Å²) >= 11 is 0. The molecule has 0 aliphatic heterocycles. The van der Waals surface area contributed by atoms with Crippen LogP contribution in [-0.2, 0) is 25.4 Å². The van der Waals surface area contributed by atoms with Crippen molar-refractivity contribution >= 4 is 29.9 Å². The minimum Gasteiger partial charge on any atom is -0.356 e. The molecule has 0 atom stereocenters. The summed E-state index contributed by atoms with van der Waals surface area (Å²) in [6, 6.07) is 8.91. The largest absolute Gasteiger partial charge is 0.356 e. The third-order valence-electron chi connectivity index (χ3n) is 4.84. The summed E-state index contributed by atoms with van der Waals surface area (Å²) in [5.74, 6) is 0.818. The van der Waals surface area contributed by atoms with Crippen molar-refractivity contribution in [1.82, 2.24) is 20.4 Å². The summed E-state index contributed by atoms with van der Waals surface area (Å²) < 4.78 is 1.92. The third-order valence-corrected chi connectivity index (χ3v) is 4.84. The number of rotatable bonds is 5. The normalized spacial score (nSPS) is 11.9. The van der Waals surface area contributed by atoms with E-state index in [1.807, 2.05) is 18.7 Å². The number of hydrogen-bond donors (Lipinski definition) is 2. The van der Waals surface area contributed by atoms with E-state index >= 15 is 0 Å². The first-order chi connectivity index (χ1) is 12.2. The molecule has 0 aliphatic carbocycles. The van der Waals surface area contributed by atoms with Crippen molar-refractivity contribution in [3.05, 3.63) is 52.3 Å². The number of nitrogens with zero attached hydrogens (tertiary/aromatic N) is 3. The quantitative estimate of drug-likeness (QED) is 0.386. The predicted molar refractivity (Wildman–Crippen MR) is 125 cm³/mol. The van der Waals surface area contributed by atoms with Crippen LogP contribution in [0.2, 0.25) is 0 Å². The van der Waals surface area contributed by atoms with E-state index in [0.717, 1.165) is 31.2 Å². The summed E-state index contributed by atoms with van der Waals surface area (Å²) in [4.78, 5) is 4.31. The number of aliphatic imine (C=N–C) groups is 1.